The number of benzene rings is 1. The smallest absolute Gasteiger partial charge is 0.192 e. The molecule has 4 nitrogen and oxygen atoms in total. The van der Waals surface area contributed by atoms with E-state index < -0.39 is 0 Å². The molecule has 4 heteroatoms. The summed E-state index contributed by atoms with van der Waals surface area (Å²) in [5.41, 5.74) is 0.924. The Bertz CT molecular complexity index is 794. The maximum absolute atomic E-state index is 12.0. The van der Waals surface area contributed by atoms with Crippen molar-refractivity contribution in [1.82, 2.24) is 0 Å². The van der Waals surface area contributed by atoms with Crippen LogP contribution in [-0.4, -0.2) is 6.21 Å². The molecule has 92 valence electrons. The van der Waals surface area contributed by atoms with Gasteiger partial charge in [0.25, 0.3) is 0 Å². The van der Waals surface area contributed by atoms with Crippen LogP contribution in [0.3, 0.4) is 0 Å². The van der Waals surface area contributed by atoms with Crippen LogP contribution in [0.5, 0.6) is 0 Å². The summed E-state index contributed by atoms with van der Waals surface area (Å²) in [6.45, 7) is 0. The van der Waals surface area contributed by atoms with Crippen LogP contribution in [0.25, 0.3) is 11.0 Å². The normalized spacial score (nSPS) is 18.1. The monoisotopic (exact) mass is 250 g/mol. The number of nitrogens with zero attached hydrogens (tertiary/aromatic N) is 2. The van der Waals surface area contributed by atoms with Gasteiger partial charge in [-0.15, -0.1) is 0 Å². The van der Waals surface area contributed by atoms with Crippen LogP contribution < -0.4 is 5.43 Å². The van der Waals surface area contributed by atoms with Crippen LogP contribution in [-0.2, 0) is 0 Å². The Morgan fingerprint density at radius 2 is 2.21 bits per heavy atom. The summed E-state index contributed by atoms with van der Waals surface area (Å²) in [6.07, 6.45) is 4.03. The molecule has 0 saturated carbocycles. The zero-order valence-corrected chi connectivity index (χ0v) is 10.0. The highest BCUT2D eigenvalue weighted by Gasteiger charge is 2.16. The zero-order valence-electron chi connectivity index (χ0n) is 10.0. The Labute approximate surface area is 109 Å². The van der Waals surface area contributed by atoms with Gasteiger partial charge in [-0.2, -0.15) is 5.26 Å². The molecule has 2 aromatic rings. The predicted molar refractivity (Wildman–Crippen MR) is 72.0 cm³/mol. The maximum atomic E-state index is 12.0. The van der Waals surface area contributed by atoms with E-state index in [9.17, 15) is 4.79 Å². The van der Waals surface area contributed by atoms with Crippen molar-refractivity contribution < 1.29 is 4.42 Å². The van der Waals surface area contributed by atoms with E-state index in [1.807, 2.05) is 18.2 Å². The molecule has 0 radical (unpaired) electrons. The van der Waals surface area contributed by atoms with E-state index >= 15 is 0 Å². The van der Waals surface area contributed by atoms with Gasteiger partial charge in [-0.05, 0) is 24.6 Å². The first-order valence-electron chi connectivity index (χ1n) is 5.95. The van der Waals surface area contributed by atoms with Crippen molar-refractivity contribution >= 4 is 17.2 Å². The summed E-state index contributed by atoms with van der Waals surface area (Å²) in [5.74, 6) is 0.495. The molecule has 1 aliphatic rings. The first-order chi connectivity index (χ1) is 9.28. The lowest BCUT2D eigenvalue weighted by Gasteiger charge is -2.12. The number of fused-ring (bicyclic) bond motifs is 1. The van der Waals surface area contributed by atoms with Gasteiger partial charge >= 0.3 is 0 Å². The van der Waals surface area contributed by atoms with Gasteiger partial charge in [0.05, 0.1) is 11.3 Å². The minimum Gasteiger partial charge on any atom is -0.460 e. The molecule has 2 heterocycles. The molecule has 0 aliphatic carbocycles. The minimum absolute atomic E-state index is 0.0553. The van der Waals surface area contributed by atoms with E-state index in [1.165, 1.54) is 6.07 Å². The summed E-state index contributed by atoms with van der Waals surface area (Å²) < 4.78 is 5.75. The van der Waals surface area contributed by atoms with Crippen molar-refractivity contribution in [3.8, 4) is 6.07 Å². The Morgan fingerprint density at radius 3 is 2.95 bits per heavy atom. The first kappa shape index (κ1) is 11.4. The SMILES string of the molecule is N#CC1=CCC(c2cc(=O)c3ccccc3o2)C=N1. The lowest BCUT2D eigenvalue weighted by molar-refractivity contribution is 0.523. The molecule has 0 bridgehead atoms. The quantitative estimate of drug-likeness (QED) is 0.781. The average molecular weight is 250 g/mol. The van der Waals surface area contributed by atoms with E-state index in [-0.39, 0.29) is 11.3 Å². The molecule has 0 amide bonds. The third-order valence-corrected chi connectivity index (χ3v) is 3.09. The second-order valence-corrected chi connectivity index (χ2v) is 4.33. The fourth-order valence-corrected chi connectivity index (χ4v) is 2.09. The molecule has 0 saturated heterocycles. The van der Waals surface area contributed by atoms with E-state index in [0.29, 0.717) is 28.8 Å². The highest BCUT2D eigenvalue weighted by molar-refractivity contribution is 5.77. The van der Waals surface area contributed by atoms with Crippen LogP contribution in [0.2, 0.25) is 0 Å². The number of hydrogen-bond acceptors (Lipinski definition) is 4. The van der Waals surface area contributed by atoms with Crippen molar-refractivity contribution in [2.75, 3.05) is 0 Å². The third kappa shape index (κ3) is 2.06. The van der Waals surface area contributed by atoms with Crippen LogP contribution in [0.15, 0.2) is 56.3 Å². The van der Waals surface area contributed by atoms with Crippen LogP contribution in [0.4, 0.5) is 0 Å². The van der Waals surface area contributed by atoms with Gasteiger partial charge in [0.1, 0.15) is 23.1 Å². The maximum Gasteiger partial charge on any atom is 0.192 e. The minimum atomic E-state index is -0.0885. The van der Waals surface area contributed by atoms with E-state index in [1.54, 1.807) is 24.4 Å². The topological polar surface area (TPSA) is 66.4 Å². The fourth-order valence-electron chi connectivity index (χ4n) is 2.09. The van der Waals surface area contributed by atoms with Gasteiger partial charge in [-0.3, -0.25) is 4.79 Å². The molecule has 1 unspecified atom stereocenters. The van der Waals surface area contributed by atoms with Crippen LogP contribution >= 0.6 is 0 Å². The summed E-state index contributed by atoms with van der Waals surface area (Å²) in [5, 5.41) is 9.30. The molecule has 1 atom stereocenters. The van der Waals surface area contributed by atoms with E-state index in [0.717, 1.165) is 0 Å². The van der Waals surface area contributed by atoms with Gasteiger partial charge in [0.15, 0.2) is 5.43 Å². The third-order valence-electron chi connectivity index (χ3n) is 3.09. The summed E-state index contributed by atoms with van der Waals surface area (Å²) >= 11 is 0. The van der Waals surface area contributed by atoms with Gasteiger partial charge in [0.2, 0.25) is 0 Å². The van der Waals surface area contributed by atoms with Gasteiger partial charge < -0.3 is 4.42 Å². The number of rotatable bonds is 1. The molecular weight excluding hydrogens is 240 g/mol. The molecule has 19 heavy (non-hydrogen) atoms. The highest BCUT2D eigenvalue weighted by atomic mass is 16.3. The van der Waals surface area contributed by atoms with Crippen molar-refractivity contribution in [3.63, 3.8) is 0 Å². The van der Waals surface area contributed by atoms with Gasteiger partial charge in [-0.1, -0.05) is 12.1 Å². The highest BCUT2D eigenvalue weighted by Crippen LogP contribution is 2.24. The number of allylic oxidation sites excluding steroid dienone is 2. The molecular formula is C15H10N2O2. The van der Waals surface area contributed by atoms with E-state index in [4.69, 9.17) is 9.68 Å². The standard InChI is InChI=1S/C15H10N2O2/c16-8-11-6-5-10(9-17-11)15-7-13(18)12-3-1-2-4-14(12)19-15/h1-4,6-7,9-10H,5H2. The van der Waals surface area contributed by atoms with Crippen molar-refractivity contribution in [2.24, 2.45) is 4.99 Å². The fraction of sp³-hybridized carbons (Fsp3) is 0.133. The zero-order chi connectivity index (χ0) is 13.2. The summed E-state index contributed by atoms with van der Waals surface area (Å²) in [7, 11) is 0. The number of nitriles is 1. The second-order valence-electron chi connectivity index (χ2n) is 4.33. The summed E-state index contributed by atoms with van der Waals surface area (Å²) in [4.78, 5) is 16.0. The van der Waals surface area contributed by atoms with Gasteiger partial charge in [0, 0.05) is 12.3 Å². The van der Waals surface area contributed by atoms with Gasteiger partial charge in [-0.25, -0.2) is 4.99 Å². The number of para-hydroxylation sites is 1. The lowest BCUT2D eigenvalue weighted by Crippen LogP contribution is -2.08. The molecule has 3 rings (SSSR count). The van der Waals surface area contributed by atoms with Crippen molar-refractivity contribution in [1.29, 1.82) is 5.26 Å². The first-order valence-corrected chi connectivity index (χ1v) is 5.95. The van der Waals surface area contributed by atoms with E-state index in [2.05, 4.69) is 4.99 Å². The molecule has 0 N–H and O–H groups in total. The van der Waals surface area contributed by atoms with Crippen molar-refractivity contribution in [2.45, 2.75) is 12.3 Å². The molecule has 0 fully saturated rings. The average Bonchev–Trinajstić information content (AvgIpc) is 2.47. The predicted octanol–water partition coefficient (Wildman–Crippen LogP) is 2.76. The van der Waals surface area contributed by atoms with Crippen molar-refractivity contribution in [3.05, 3.63) is 58.1 Å². The Morgan fingerprint density at radius 1 is 1.37 bits per heavy atom. The molecule has 1 aliphatic heterocycles. The molecule has 1 aromatic carbocycles. The Hall–Kier alpha value is -2.67. The second kappa shape index (κ2) is 4.54. The Kier molecular flexibility index (Phi) is 2.73. The lowest BCUT2D eigenvalue weighted by atomic mass is 10.00. The molecule has 0 spiro atoms. The van der Waals surface area contributed by atoms with Crippen LogP contribution in [0, 0.1) is 11.3 Å². The molecule has 1 aromatic heterocycles. The number of aliphatic imine (C=N–C) groups is 1. The Balaban J connectivity index is 2.04. The van der Waals surface area contributed by atoms with Crippen LogP contribution in [0.1, 0.15) is 18.1 Å². The largest absolute Gasteiger partial charge is 0.460 e. The number of hydrogen-bond donors (Lipinski definition) is 0. The summed E-state index contributed by atoms with van der Waals surface area (Å²) in [6, 6.07) is 10.6.